The summed E-state index contributed by atoms with van der Waals surface area (Å²) in [6.45, 7) is 2.98. The molecule has 7 nitrogen and oxygen atoms in total. The topological polar surface area (TPSA) is 107 Å². The monoisotopic (exact) mass is 286 g/mol. The minimum absolute atomic E-state index is 0.114. The summed E-state index contributed by atoms with van der Waals surface area (Å²) in [5.74, 6) is -1.78. The third-order valence-corrected chi connectivity index (χ3v) is 3.61. The zero-order valence-electron chi connectivity index (χ0n) is 11.7. The van der Waals surface area contributed by atoms with Gasteiger partial charge in [-0.1, -0.05) is 6.42 Å². The second-order valence-electron chi connectivity index (χ2n) is 5.11. The predicted molar refractivity (Wildman–Crippen MR) is 71.4 cm³/mol. The molecule has 7 heteroatoms. The molecule has 1 aliphatic rings. The molecule has 0 aromatic rings. The van der Waals surface area contributed by atoms with Gasteiger partial charge in [-0.15, -0.1) is 0 Å². The third kappa shape index (κ3) is 5.07. The molecule has 0 aromatic carbocycles. The van der Waals surface area contributed by atoms with Gasteiger partial charge in [0.15, 0.2) is 0 Å². The fraction of sp³-hybridized carbons (Fsp3) is 0.769. The van der Waals surface area contributed by atoms with Crippen LogP contribution in [0.25, 0.3) is 0 Å². The standard InChI is InChI=1S/C13H22N2O5/c1-2-15(8-9-4-3-5-9)13(20)14-10(12(18)19)6-7-11(16)17/h9-10H,2-8H2,1H3,(H,14,20)(H,16,17)(H,18,19). The van der Waals surface area contributed by atoms with Crippen LogP contribution < -0.4 is 5.32 Å². The van der Waals surface area contributed by atoms with Crippen molar-refractivity contribution in [1.29, 1.82) is 0 Å². The van der Waals surface area contributed by atoms with E-state index in [1.807, 2.05) is 6.92 Å². The van der Waals surface area contributed by atoms with Gasteiger partial charge in [-0.2, -0.15) is 0 Å². The number of hydrogen-bond acceptors (Lipinski definition) is 3. The zero-order valence-corrected chi connectivity index (χ0v) is 11.7. The lowest BCUT2D eigenvalue weighted by molar-refractivity contribution is -0.140. The smallest absolute Gasteiger partial charge is 0.326 e. The van der Waals surface area contributed by atoms with Gasteiger partial charge in [0.2, 0.25) is 0 Å². The molecule has 0 bridgehead atoms. The van der Waals surface area contributed by atoms with Gasteiger partial charge >= 0.3 is 18.0 Å². The molecule has 0 aromatic heterocycles. The number of carboxylic acids is 2. The molecule has 2 amide bonds. The largest absolute Gasteiger partial charge is 0.481 e. The number of amides is 2. The number of urea groups is 1. The van der Waals surface area contributed by atoms with Gasteiger partial charge in [-0.05, 0) is 32.1 Å². The first kappa shape index (κ1) is 16.3. The van der Waals surface area contributed by atoms with E-state index in [9.17, 15) is 14.4 Å². The van der Waals surface area contributed by atoms with Crippen molar-refractivity contribution in [2.45, 2.75) is 45.1 Å². The Bertz CT molecular complexity index is 368. The quantitative estimate of drug-likeness (QED) is 0.620. The fourth-order valence-electron chi connectivity index (χ4n) is 2.11. The lowest BCUT2D eigenvalue weighted by Crippen LogP contribution is -2.49. The Kier molecular flexibility index (Phi) is 6.27. The van der Waals surface area contributed by atoms with E-state index in [2.05, 4.69) is 5.32 Å². The van der Waals surface area contributed by atoms with Crippen LogP contribution in [0.1, 0.15) is 39.0 Å². The Morgan fingerprint density at radius 2 is 1.95 bits per heavy atom. The molecule has 1 saturated carbocycles. The van der Waals surface area contributed by atoms with Gasteiger partial charge in [0, 0.05) is 19.5 Å². The second kappa shape index (κ2) is 7.72. The van der Waals surface area contributed by atoms with Crippen molar-refractivity contribution in [2.24, 2.45) is 5.92 Å². The first-order valence-corrected chi connectivity index (χ1v) is 6.94. The molecule has 1 unspecified atom stereocenters. The van der Waals surface area contributed by atoms with Crippen molar-refractivity contribution in [3.63, 3.8) is 0 Å². The van der Waals surface area contributed by atoms with Crippen molar-refractivity contribution < 1.29 is 24.6 Å². The summed E-state index contributed by atoms with van der Waals surface area (Å²) >= 11 is 0. The maximum Gasteiger partial charge on any atom is 0.326 e. The SMILES string of the molecule is CCN(CC1CCC1)C(=O)NC(CCC(=O)O)C(=O)O. The summed E-state index contributed by atoms with van der Waals surface area (Å²) in [5, 5.41) is 20.0. The van der Waals surface area contributed by atoms with Crippen LogP contribution in [0.5, 0.6) is 0 Å². The first-order valence-electron chi connectivity index (χ1n) is 6.94. The number of hydrogen-bond donors (Lipinski definition) is 3. The molecular weight excluding hydrogens is 264 g/mol. The van der Waals surface area contributed by atoms with E-state index in [0.29, 0.717) is 19.0 Å². The Labute approximate surface area is 117 Å². The van der Waals surface area contributed by atoms with E-state index < -0.39 is 24.0 Å². The number of carbonyl (C=O) groups excluding carboxylic acids is 1. The summed E-state index contributed by atoms with van der Waals surface area (Å²) in [6.07, 6.45) is 2.99. The summed E-state index contributed by atoms with van der Waals surface area (Å²) in [5.41, 5.74) is 0. The number of carboxylic acid groups (broad SMARTS) is 2. The summed E-state index contributed by atoms with van der Waals surface area (Å²) in [4.78, 5) is 35.1. The second-order valence-corrected chi connectivity index (χ2v) is 5.11. The Morgan fingerprint density at radius 3 is 2.35 bits per heavy atom. The first-order chi connectivity index (χ1) is 9.43. The van der Waals surface area contributed by atoms with Crippen LogP contribution in [0.4, 0.5) is 4.79 Å². The van der Waals surface area contributed by atoms with Crippen LogP contribution in [-0.4, -0.2) is 52.2 Å². The van der Waals surface area contributed by atoms with Gasteiger partial charge in [0.25, 0.3) is 0 Å². The molecular formula is C13H22N2O5. The maximum absolute atomic E-state index is 12.0. The molecule has 1 aliphatic carbocycles. The molecule has 0 radical (unpaired) electrons. The lowest BCUT2D eigenvalue weighted by Gasteiger charge is -2.32. The number of aliphatic carboxylic acids is 2. The van der Waals surface area contributed by atoms with Crippen molar-refractivity contribution in [2.75, 3.05) is 13.1 Å². The van der Waals surface area contributed by atoms with Crippen LogP contribution in [0, 0.1) is 5.92 Å². The molecule has 0 heterocycles. The van der Waals surface area contributed by atoms with Crippen LogP contribution in [0.3, 0.4) is 0 Å². The molecule has 0 aliphatic heterocycles. The fourth-order valence-corrected chi connectivity index (χ4v) is 2.11. The number of rotatable bonds is 8. The van der Waals surface area contributed by atoms with E-state index >= 15 is 0 Å². The normalized spacial score (nSPS) is 16.1. The highest BCUT2D eigenvalue weighted by Gasteiger charge is 2.26. The van der Waals surface area contributed by atoms with E-state index in [0.717, 1.165) is 12.8 Å². The van der Waals surface area contributed by atoms with Gasteiger partial charge < -0.3 is 20.4 Å². The molecule has 0 spiro atoms. The van der Waals surface area contributed by atoms with Crippen molar-refractivity contribution in [3.8, 4) is 0 Å². The highest BCUT2D eigenvalue weighted by molar-refractivity contribution is 5.83. The van der Waals surface area contributed by atoms with Gasteiger partial charge in [-0.25, -0.2) is 9.59 Å². The minimum Gasteiger partial charge on any atom is -0.481 e. The molecule has 3 N–H and O–H groups in total. The van der Waals surface area contributed by atoms with E-state index in [4.69, 9.17) is 10.2 Å². The molecule has 114 valence electrons. The molecule has 1 fully saturated rings. The lowest BCUT2D eigenvalue weighted by atomic mass is 9.85. The number of nitrogens with zero attached hydrogens (tertiary/aromatic N) is 1. The Hall–Kier alpha value is -1.79. The van der Waals surface area contributed by atoms with Gasteiger partial charge in [0.05, 0.1) is 0 Å². The van der Waals surface area contributed by atoms with Crippen LogP contribution >= 0.6 is 0 Å². The van der Waals surface area contributed by atoms with E-state index in [1.54, 1.807) is 4.90 Å². The predicted octanol–water partition coefficient (Wildman–Crippen LogP) is 1.14. The third-order valence-electron chi connectivity index (χ3n) is 3.61. The van der Waals surface area contributed by atoms with Crippen molar-refractivity contribution >= 4 is 18.0 Å². The van der Waals surface area contributed by atoms with Crippen molar-refractivity contribution in [3.05, 3.63) is 0 Å². The van der Waals surface area contributed by atoms with E-state index in [-0.39, 0.29) is 12.8 Å². The Balaban J connectivity index is 2.49. The zero-order chi connectivity index (χ0) is 15.1. The summed E-state index contributed by atoms with van der Waals surface area (Å²) in [6, 6.07) is -1.59. The van der Waals surface area contributed by atoms with Gasteiger partial charge in [0.1, 0.15) is 6.04 Å². The average molecular weight is 286 g/mol. The molecule has 0 saturated heterocycles. The van der Waals surface area contributed by atoms with Crippen LogP contribution in [0.2, 0.25) is 0 Å². The number of nitrogens with one attached hydrogen (secondary N) is 1. The maximum atomic E-state index is 12.0. The van der Waals surface area contributed by atoms with Crippen LogP contribution in [0.15, 0.2) is 0 Å². The molecule has 20 heavy (non-hydrogen) atoms. The van der Waals surface area contributed by atoms with Crippen LogP contribution in [-0.2, 0) is 9.59 Å². The molecule has 1 rings (SSSR count). The highest BCUT2D eigenvalue weighted by Crippen LogP contribution is 2.27. The number of carbonyl (C=O) groups is 3. The highest BCUT2D eigenvalue weighted by atomic mass is 16.4. The Morgan fingerprint density at radius 1 is 1.30 bits per heavy atom. The summed E-state index contributed by atoms with van der Waals surface area (Å²) in [7, 11) is 0. The summed E-state index contributed by atoms with van der Waals surface area (Å²) < 4.78 is 0. The van der Waals surface area contributed by atoms with Gasteiger partial charge in [-0.3, -0.25) is 4.79 Å². The van der Waals surface area contributed by atoms with E-state index in [1.165, 1.54) is 6.42 Å². The van der Waals surface area contributed by atoms with Crippen molar-refractivity contribution in [1.82, 2.24) is 10.2 Å². The minimum atomic E-state index is -1.21. The molecule has 1 atom stereocenters. The average Bonchev–Trinajstić information content (AvgIpc) is 2.32.